The Kier molecular flexibility index (Phi) is 671. The van der Waals surface area contributed by atoms with Crippen molar-refractivity contribution in [3.8, 4) is 0 Å². The van der Waals surface area contributed by atoms with E-state index in [4.69, 9.17) is 0 Å². The van der Waals surface area contributed by atoms with Crippen LogP contribution in [0.2, 0.25) is 0 Å². The third-order valence-electron chi connectivity index (χ3n) is 0. The Hall–Kier alpha value is 1.03. The molecule has 0 fully saturated rings. The second kappa shape index (κ2) is 34.9. The first-order valence-corrected chi connectivity index (χ1v) is 0. The molecule has 0 aromatic carbocycles. The van der Waals surface area contributed by atoms with Gasteiger partial charge in [0.15, 0.2) is 0 Å². The van der Waals surface area contributed by atoms with E-state index in [1.165, 1.54) is 0 Å². The van der Waals surface area contributed by atoms with E-state index in [0.29, 0.717) is 0 Å². The average molecular weight is 262 g/mol. The van der Waals surface area contributed by atoms with Crippen LogP contribution in [0.5, 0.6) is 0 Å². The Morgan fingerprint density at radius 3 is 0.750 bits per heavy atom. The second-order valence-corrected chi connectivity index (χ2v) is 0. The average Bonchev–Trinajstić information content (AvgIpc) is 0. The molecule has 2 heteroatoms. The molecule has 0 nitrogen and oxygen atoms in total. The van der Waals surface area contributed by atoms with Crippen LogP contribution in [0.15, 0.2) is 0 Å². The summed E-state index contributed by atoms with van der Waals surface area (Å²) in [5.74, 6) is 0. The zero-order valence-corrected chi connectivity index (χ0v) is 5.60. The molecule has 0 atom stereocenters. The maximum absolute atomic E-state index is 0. The van der Waals surface area contributed by atoms with E-state index in [-0.39, 0.29) is 49.6 Å². The monoisotopic (exact) mass is 262 g/mol. The molecule has 0 aromatic rings. The van der Waals surface area contributed by atoms with E-state index in [1.54, 1.807) is 0 Å². The SMILES string of the molecule is [Au+3].[CH3-].[CH3-].[Cl-]. The van der Waals surface area contributed by atoms with Crippen LogP contribution in [0.3, 0.4) is 0 Å². The Morgan fingerprint density at radius 1 is 0.750 bits per heavy atom. The quantitative estimate of drug-likeness (QED) is 0.347. The van der Waals surface area contributed by atoms with E-state index in [2.05, 4.69) is 0 Å². The first-order valence-electron chi connectivity index (χ1n) is 0. The fourth-order valence-corrected chi connectivity index (χ4v) is 0. The standard InChI is InChI=1S/2CH3.Au.ClH/h2*1H3;;1H/q2*-1;+3;/p-1. The molecule has 0 spiro atoms. The molecule has 0 amide bonds. The van der Waals surface area contributed by atoms with Gasteiger partial charge in [-0.05, 0) is 0 Å². The number of rotatable bonds is 0. The van der Waals surface area contributed by atoms with Gasteiger partial charge in [-0.1, -0.05) is 0 Å². The summed E-state index contributed by atoms with van der Waals surface area (Å²) < 4.78 is 0. The molecule has 0 aliphatic heterocycles. The van der Waals surface area contributed by atoms with Crippen molar-refractivity contribution in [3.05, 3.63) is 14.9 Å². The van der Waals surface area contributed by atoms with Gasteiger partial charge in [-0.2, -0.15) is 0 Å². The minimum atomic E-state index is 0. The first kappa shape index (κ1) is 77.0. The maximum atomic E-state index is 0. The predicted molar refractivity (Wildman–Crippen MR) is 12.8 cm³/mol. The minimum Gasteiger partial charge on any atom is -1.00 e. The predicted octanol–water partition coefficient (Wildman–Crippen LogP) is -2.10. The summed E-state index contributed by atoms with van der Waals surface area (Å²) in [4.78, 5) is 0. The van der Waals surface area contributed by atoms with Crippen molar-refractivity contribution in [1.82, 2.24) is 0 Å². The summed E-state index contributed by atoms with van der Waals surface area (Å²) in [6.07, 6.45) is 0. The van der Waals surface area contributed by atoms with E-state index in [0.717, 1.165) is 0 Å². The van der Waals surface area contributed by atoms with Crippen molar-refractivity contribution < 1.29 is 34.8 Å². The number of hydrogen-bond donors (Lipinski definition) is 0. The third-order valence-corrected chi connectivity index (χ3v) is 0. The summed E-state index contributed by atoms with van der Waals surface area (Å²) in [5.41, 5.74) is 0. The Labute approximate surface area is 49.9 Å². The molecule has 0 saturated carbocycles. The van der Waals surface area contributed by atoms with Gasteiger partial charge < -0.3 is 27.3 Å². The fourth-order valence-electron chi connectivity index (χ4n) is 0. The molecule has 32 valence electrons. The van der Waals surface area contributed by atoms with Gasteiger partial charge in [0.05, 0.1) is 0 Å². The van der Waals surface area contributed by atoms with Crippen LogP contribution in [0.4, 0.5) is 0 Å². The van der Waals surface area contributed by atoms with E-state index >= 15 is 0 Å². The molecule has 0 heterocycles. The van der Waals surface area contributed by atoms with E-state index < -0.39 is 0 Å². The maximum Gasteiger partial charge on any atom is 3.00 e. The van der Waals surface area contributed by atoms with Crippen LogP contribution in [0.1, 0.15) is 0 Å². The third kappa shape index (κ3) is 11.8. The van der Waals surface area contributed by atoms with E-state index in [1.807, 2.05) is 0 Å². The van der Waals surface area contributed by atoms with Crippen molar-refractivity contribution in [2.45, 2.75) is 0 Å². The molecule has 0 bridgehead atoms. The minimum absolute atomic E-state index is 0. The molecule has 4 heavy (non-hydrogen) atoms. The molecular weight excluding hydrogens is 256 g/mol. The Morgan fingerprint density at radius 2 is 0.750 bits per heavy atom. The fraction of sp³-hybridized carbons (Fsp3) is 0. The smallest absolute Gasteiger partial charge is 1.00 e. The zero-order valence-electron chi connectivity index (χ0n) is 2.68. The largest absolute Gasteiger partial charge is 3.00 e. The van der Waals surface area contributed by atoms with Crippen LogP contribution in [-0.2, 0) is 22.4 Å². The second-order valence-electron chi connectivity index (χ2n) is 0. The Balaban J connectivity index is 0. The molecule has 0 N–H and O–H groups in total. The summed E-state index contributed by atoms with van der Waals surface area (Å²) >= 11 is 0. The first-order chi connectivity index (χ1) is 0. The summed E-state index contributed by atoms with van der Waals surface area (Å²) in [6, 6.07) is 0. The molecule has 0 saturated heterocycles. The summed E-state index contributed by atoms with van der Waals surface area (Å²) in [5, 5.41) is 0. The van der Waals surface area contributed by atoms with Crippen LogP contribution < -0.4 is 12.4 Å². The number of hydrogen-bond acceptors (Lipinski definition) is 0. The van der Waals surface area contributed by atoms with Crippen LogP contribution in [0.25, 0.3) is 0 Å². The summed E-state index contributed by atoms with van der Waals surface area (Å²) in [6.45, 7) is 0. The van der Waals surface area contributed by atoms with Gasteiger partial charge in [-0.25, -0.2) is 0 Å². The Bertz CT molecular complexity index is 6.00. The van der Waals surface area contributed by atoms with Gasteiger partial charge in [-0.15, -0.1) is 0 Å². The van der Waals surface area contributed by atoms with Crippen molar-refractivity contribution in [2.24, 2.45) is 0 Å². The van der Waals surface area contributed by atoms with Gasteiger partial charge in [0.2, 0.25) is 0 Å². The number of halogens is 1. The van der Waals surface area contributed by atoms with Gasteiger partial charge in [0.1, 0.15) is 0 Å². The van der Waals surface area contributed by atoms with Gasteiger partial charge in [-0.3, -0.25) is 0 Å². The van der Waals surface area contributed by atoms with Crippen molar-refractivity contribution in [1.29, 1.82) is 0 Å². The van der Waals surface area contributed by atoms with Gasteiger partial charge >= 0.3 is 22.4 Å². The normalized spacial score (nSPS) is 0. The molecule has 0 aromatic heterocycles. The van der Waals surface area contributed by atoms with Crippen LogP contribution in [-0.4, -0.2) is 0 Å². The zero-order chi connectivity index (χ0) is 0. The van der Waals surface area contributed by atoms with Crippen molar-refractivity contribution in [3.63, 3.8) is 0 Å². The van der Waals surface area contributed by atoms with Gasteiger partial charge in [0.25, 0.3) is 0 Å². The van der Waals surface area contributed by atoms with Crippen LogP contribution >= 0.6 is 0 Å². The van der Waals surface area contributed by atoms with Gasteiger partial charge in [0, 0.05) is 0 Å². The molecule has 0 aliphatic rings. The topological polar surface area (TPSA) is 0 Å². The van der Waals surface area contributed by atoms with E-state index in [9.17, 15) is 0 Å². The molecule has 0 rings (SSSR count). The molecular formula is C2H6AuCl. The molecule has 0 unspecified atom stereocenters. The van der Waals surface area contributed by atoms with Crippen molar-refractivity contribution >= 4 is 0 Å². The molecule has 0 radical (unpaired) electrons. The van der Waals surface area contributed by atoms with Crippen LogP contribution in [0, 0.1) is 14.9 Å². The molecule has 0 aliphatic carbocycles. The van der Waals surface area contributed by atoms with Crippen molar-refractivity contribution in [2.75, 3.05) is 0 Å². The summed E-state index contributed by atoms with van der Waals surface area (Å²) in [7, 11) is 0.